The number of benzene rings is 1. The van der Waals surface area contributed by atoms with Gasteiger partial charge in [0.25, 0.3) is 0 Å². The van der Waals surface area contributed by atoms with E-state index in [-0.39, 0.29) is 5.78 Å². The molecule has 0 radical (unpaired) electrons. The van der Waals surface area contributed by atoms with E-state index in [2.05, 4.69) is 42.2 Å². The number of carbonyl (C=O) groups is 1. The van der Waals surface area contributed by atoms with Crippen molar-refractivity contribution in [1.29, 1.82) is 0 Å². The Morgan fingerprint density at radius 2 is 1.75 bits per heavy atom. The maximum absolute atomic E-state index is 10.9. The molecule has 0 aromatic heterocycles. The molecule has 0 spiro atoms. The van der Waals surface area contributed by atoms with Crippen LogP contribution >= 0.6 is 0 Å². The second kappa shape index (κ2) is 7.68. The Labute approximate surface area is 122 Å². The Morgan fingerprint density at radius 1 is 1.15 bits per heavy atom. The van der Waals surface area contributed by atoms with Crippen molar-refractivity contribution in [2.45, 2.75) is 27.2 Å². The predicted molar refractivity (Wildman–Crippen MR) is 87.2 cm³/mol. The average Bonchev–Trinajstić information content (AvgIpc) is 2.36. The average molecular weight is 271 g/mol. The highest BCUT2D eigenvalue weighted by Gasteiger charge is 2.02. The molecule has 0 aliphatic rings. The van der Waals surface area contributed by atoms with Gasteiger partial charge in [-0.25, -0.2) is 0 Å². The maximum Gasteiger partial charge on any atom is 0.152 e. The highest BCUT2D eigenvalue weighted by molar-refractivity contribution is 5.87. The number of hydrogen-bond donors (Lipinski definition) is 0. The van der Waals surface area contributed by atoms with Gasteiger partial charge in [0.15, 0.2) is 5.78 Å². The van der Waals surface area contributed by atoms with Crippen LogP contribution in [0.5, 0.6) is 0 Å². The van der Waals surface area contributed by atoms with Crippen molar-refractivity contribution in [3.63, 3.8) is 0 Å². The highest BCUT2D eigenvalue weighted by atomic mass is 16.1. The van der Waals surface area contributed by atoms with E-state index in [1.165, 1.54) is 11.3 Å². The van der Waals surface area contributed by atoms with Crippen molar-refractivity contribution in [3.05, 3.63) is 53.6 Å². The summed E-state index contributed by atoms with van der Waals surface area (Å²) in [4.78, 5) is 13.0. The second-order valence-electron chi connectivity index (χ2n) is 5.60. The van der Waals surface area contributed by atoms with E-state index < -0.39 is 0 Å². The minimum atomic E-state index is 0.0877. The van der Waals surface area contributed by atoms with Crippen LogP contribution in [0.25, 0.3) is 0 Å². The van der Waals surface area contributed by atoms with Gasteiger partial charge in [0, 0.05) is 19.8 Å². The summed E-state index contributed by atoms with van der Waals surface area (Å²) in [6.07, 6.45) is 6.72. The van der Waals surface area contributed by atoms with Gasteiger partial charge in [-0.2, -0.15) is 0 Å². The zero-order valence-corrected chi connectivity index (χ0v) is 13.2. The number of carbonyl (C=O) groups excluding carboxylic acids is 1. The molecule has 1 atom stereocenters. The quantitative estimate of drug-likeness (QED) is 0.575. The molecule has 0 N–H and O–H groups in total. The van der Waals surface area contributed by atoms with E-state index in [0.29, 0.717) is 5.92 Å². The van der Waals surface area contributed by atoms with Crippen LogP contribution in [0.3, 0.4) is 0 Å². The van der Waals surface area contributed by atoms with E-state index in [4.69, 9.17) is 0 Å². The van der Waals surface area contributed by atoms with Crippen LogP contribution in [-0.4, -0.2) is 19.9 Å². The van der Waals surface area contributed by atoms with Crippen LogP contribution < -0.4 is 4.90 Å². The Bertz CT molecular complexity index is 495. The van der Waals surface area contributed by atoms with Crippen LogP contribution in [-0.2, 0) is 11.2 Å². The van der Waals surface area contributed by atoms with Gasteiger partial charge >= 0.3 is 0 Å². The van der Waals surface area contributed by atoms with E-state index in [1.807, 2.05) is 27.1 Å². The summed E-state index contributed by atoms with van der Waals surface area (Å²) < 4.78 is 0. The molecular formula is C18H25NO. The Hall–Kier alpha value is -1.83. The van der Waals surface area contributed by atoms with Crippen LogP contribution in [0.1, 0.15) is 26.3 Å². The number of nitrogens with zero attached hydrogens (tertiary/aromatic N) is 1. The Balaban J connectivity index is 2.63. The molecule has 0 bridgehead atoms. The number of rotatable bonds is 6. The largest absolute Gasteiger partial charge is 0.378 e. The Morgan fingerprint density at radius 3 is 2.25 bits per heavy atom. The minimum Gasteiger partial charge on any atom is -0.378 e. The zero-order valence-electron chi connectivity index (χ0n) is 13.2. The first-order valence-corrected chi connectivity index (χ1v) is 7.02. The summed E-state index contributed by atoms with van der Waals surface area (Å²) >= 11 is 0. The fraction of sp³-hybridized carbons (Fsp3) is 0.389. The topological polar surface area (TPSA) is 20.3 Å². The molecule has 2 nitrogen and oxygen atoms in total. The monoisotopic (exact) mass is 271 g/mol. The summed E-state index contributed by atoms with van der Waals surface area (Å²) in [6.45, 7) is 5.80. The van der Waals surface area contributed by atoms with Crippen molar-refractivity contribution in [3.8, 4) is 0 Å². The summed E-state index contributed by atoms with van der Waals surface area (Å²) in [5.41, 5.74) is 3.69. The molecule has 0 saturated carbocycles. The lowest BCUT2D eigenvalue weighted by Gasteiger charge is -2.13. The molecule has 1 rings (SSSR count). The fourth-order valence-corrected chi connectivity index (χ4v) is 2.11. The second-order valence-corrected chi connectivity index (χ2v) is 5.60. The summed E-state index contributed by atoms with van der Waals surface area (Å²) in [5.74, 6) is 0.543. The van der Waals surface area contributed by atoms with Crippen LogP contribution in [0.4, 0.5) is 5.69 Å². The van der Waals surface area contributed by atoms with Gasteiger partial charge in [-0.3, -0.25) is 4.79 Å². The van der Waals surface area contributed by atoms with Gasteiger partial charge in [0.1, 0.15) is 0 Å². The van der Waals surface area contributed by atoms with Gasteiger partial charge in [-0.1, -0.05) is 36.8 Å². The molecule has 20 heavy (non-hydrogen) atoms. The fourth-order valence-electron chi connectivity index (χ4n) is 2.11. The molecule has 0 aliphatic heterocycles. The smallest absolute Gasteiger partial charge is 0.152 e. The standard InChI is InChI=1S/C18H25NO/c1-14(6-7-16(3)20)12-15(2)13-17-8-10-18(11-9-17)19(4)5/h6-12,15H,13H2,1-5H3/b7-6+,14-12+. The first-order valence-electron chi connectivity index (χ1n) is 7.02. The molecule has 1 aromatic carbocycles. The maximum atomic E-state index is 10.9. The van der Waals surface area contributed by atoms with Crippen LogP contribution in [0.2, 0.25) is 0 Å². The summed E-state index contributed by atoms with van der Waals surface area (Å²) in [5, 5.41) is 0. The van der Waals surface area contributed by atoms with E-state index in [1.54, 1.807) is 13.0 Å². The summed E-state index contributed by atoms with van der Waals surface area (Å²) in [7, 11) is 4.09. The first-order chi connectivity index (χ1) is 9.38. The molecule has 1 aromatic rings. The SMILES string of the molecule is CC(=O)/C=C/C(C)=C/C(C)Cc1ccc(N(C)C)cc1. The molecule has 0 amide bonds. The predicted octanol–water partition coefficient (Wildman–Crippen LogP) is 4.02. The Kier molecular flexibility index (Phi) is 6.23. The van der Waals surface area contributed by atoms with Crippen molar-refractivity contribution in [1.82, 2.24) is 0 Å². The van der Waals surface area contributed by atoms with E-state index >= 15 is 0 Å². The third-order valence-corrected chi connectivity index (χ3v) is 3.14. The summed E-state index contributed by atoms with van der Waals surface area (Å²) in [6, 6.07) is 8.66. The molecule has 0 fully saturated rings. The van der Waals surface area contributed by atoms with Crippen LogP contribution in [0.15, 0.2) is 48.1 Å². The van der Waals surface area contributed by atoms with Crippen molar-refractivity contribution < 1.29 is 4.79 Å². The van der Waals surface area contributed by atoms with Crippen molar-refractivity contribution in [2.24, 2.45) is 5.92 Å². The zero-order chi connectivity index (χ0) is 15.1. The third-order valence-electron chi connectivity index (χ3n) is 3.14. The molecule has 0 heterocycles. The normalized spacial score (nSPS) is 13.6. The van der Waals surface area contributed by atoms with Gasteiger partial charge in [-0.05, 0) is 50.0 Å². The lowest BCUT2D eigenvalue weighted by molar-refractivity contribution is -0.112. The molecule has 0 aliphatic carbocycles. The lowest BCUT2D eigenvalue weighted by Crippen LogP contribution is -2.08. The van der Waals surface area contributed by atoms with Crippen LogP contribution in [0, 0.1) is 5.92 Å². The minimum absolute atomic E-state index is 0.0877. The van der Waals surface area contributed by atoms with Gasteiger partial charge < -0.3 is 4.90 Å². The highest BCUT2D eigenvalue weighted by Crippen LogP contribution is 2.16. The number of hydrogen-bond acceptors (Lipinski definition) is 2. The van der Waals surface area contributed by atoms with Gasteiger partial charge in [0.2, 0.25) is 0 Å². The number of allylic oxidation sites excluding steroid dienone is 4. The van der Waals surface area contributed by atoms with Crippen molar-refractivity contribution >= 4 is 11.5 Å². The van der Waals surface area contributed by atoms with E-state index in [0.717, 1.165) is 12.0 Å². The van der Waals surface area contributed by atoms with Crippen molar-refractivity contribution in [2.75, 3.05) is 19.0 Å². The lowest BCUT2D eigenvalue weighted by atomic mass is 9.98. The molecular weight excluding hydrogens is 246 g/mol. The molecule has 1 unspecified atom stereocenters. The third kappa shape index (κ3) is 5.87. The molecule has 108 valence electrons. The first kappa shape index (κ1) is 16.2. The van der Waals surface area contributed by atoms with E-state index in [9.17, 15) is 4.79 Å². The molecule has 0 saturated heterocycles. The van der Waals surface area contributed by atoms with Gasteiger partial charge in [0.05, 0.1) is 0 Å². The number of anilines is 1. The molecule has 2 heteroatoms. The number of ketones is 1. The van der Waals surface area contributed by atoms with Gasteiger partial charge in [-0.15, -0.1) is 0 Å².